The van der Waals surface area contributed by atoms with Gasteiger partial charge in [-0.25, -0.2) is 4.79 Å². The number of thiophene rings is 1. The Kier molecular flexibility index (Phi) is 4.62. The number of hydrogen-bond acceptors (Lipinski definition) is 4. The number of hydrogen-bond donors (Lipinski definition) is 1. The summed E-state index contributed by atoms with van der Waals surface area (Å²) in [5.74, 6) is -0.364. The number of urea groups is 1. The molecule has 2 aliphatic rings. The van der Waals surface area contributed by atoms with Crippen molar-refractivity contribution in [1.29, 1.82) is 0 Å². The van der Waals surface area contributed by atoms with E-state index in [0.29, 0.717) is 13.0 Å². The quantitative estimate of drug-likeness (QED) is 0.847. The molecule has 2 fully saturated rings. The summed E-state index contributed by atoms with van der Waals surface area (Å²) in [7, 11) is 1.69. The average Bonchev–Trinajstić information content (AvgIpc) is 3.13. The third-order valence-electron chi connectivity index (χ3n) is 5.19. The topological polar surface area (TPSA) is 69.7 Å². The van der Waals surface area contributed by atoms with Crippen LogP contribution in [0.2, 0.25) is 0 Å². The maximum Gasteiger partial charge on any atom is 0.325 e. The van der Waals surface area contributed by atoms with Crippen LogP contribution in [-0.2, 0) is 16.1 Å². The van der Waals surface area contributed by atoms with Crippen LogP contribution < -0.4 is 5.32 Å². The number of carbonyl (C=O) groups excluding carboxylic acids is 3. The second-order valence-corrected chi connectivity index (χ2v) is 7.80. The van der Waals surface area contributed by atoms with Crippen molar-refractivity contribution in [3.63, 3.8) is 0 Å². The van der Waals surface area contributed by atoms with Crippen LogP contribution in [0, 0.1) is 5.92 Å². The second-order valence-electron chi connectivity index (χ2n) is 6.77. The lowest BCUT2D eigenvalue weighted by atomic mass is 9.73. The first-order valence-corrected chi connectivity index (χ1v) is 9.22. The number of nitrogens with one attached hydrogen (secondary N) is 1. The molecule has 0 aromatic carbocycles. The highest BCUT2D eigenvalue weighted by atomic mass is 32.1. The monoisotopic (exact) mass is 349 g/mol. The van der Waals surface area contributed by atoms with E-state index in [1.54, 1.807) is 23.3 Å². The summed E-state index contributed by atoms with van der Waals surface area (Å²) < 4.78 is 0. The molecule has 0 radical (unpaired) electrons. The molecule has 1 saturated heterocycles. The number of nitrogens with zero attached hydrogens (tertiary/aromatic N) is 2. The normalized spacial score (nSPS) is 26.8. The van der Waals surface area contributed by atoms with E-state index in [4.69, 9.17) is 0 Å². The van der Waals surface area contributed by atoms with Gasteiger partial charge in [-0.1, -0.05) is 25.8 Å². The molecule has 1 N–H and O–H groups in total. The van der Waals surface area contributed by atoms with Gasteiger partial charge in [0.05, 0.1) is 6.54 Å². The van der Waals surface area contributed by atoms with E-state index in [1.807, 2.05) is 24.4 Å². The molecule has 0 bridgehead atoms. The van der Waals surface area contributed by atoms with Crippen molar-refractivity contribution in [2.75, 3.05) is 13.6 Å². The van der Waals surface area contributed by atoms with Crippen LogP contribution in [0.1, 0.15) is 37.5 Å². The third kappa shape index (κ3) is 2.92. The lowest BCUT2D eigenvalue weighted by Crippen LogP contribution is -2.54. The molecule has 6 nitrogen and oxygen atoms in total. The lowest BCUT2D eigenvalue weighted by molar-refractivity contribution is -0.140. The summed E-state index contributed by atoms with van der Waals surface area (Å²) >= 11 is 1.58. The second kappa shape index (κ2) is 6.55. The molecule has 2 heterocycles. The molecule has 1 aromatic heterocycles. The van der Waals surface area contributed by atoms with Gasteiger partial charge >= 0.3 is 6.03 Å². The number of likely N-dealkylation sites (N-methyl/N-ethyl adjacent to an activating group) is 1. The molecule has 4 amide bonds. The Morgan fingerprint density at radius 3 is 2.92 bits per heavy atom. The number of imide groups is 1. The first-order valence-electron chi connectivity index (χ1n) is 8.34. The van der Waals surface area contributed by atoms with Crippen LogP contribution >= 0.6 is 11.3 Å². The Morgan fingerprint density at radius 1 is 1.46 bits per heavy atom. The third-order valence-corrected chi connectivity index (χ3v) is 6.05. The molecular formula is C17H23N3O3S. The van der Waals surface area contributed by atoms with Gasteiger partial charge in [-0.05, 0) is 30.2 Å². The maximum absolute atomic E-state index is 12.9. The standard InChI is InChI=1S/C17H23N3O3S/c1-12-6-3-4-8-17(12)15(22)20(16(23)18-17)11-14(21)19(2)10-13-7-5-9-24-13/h5,7,9,12H,3-4,6,8,10-11H2,1-2H3,(H,18,23)/t12-,17+/m1/s1. The highest BCUT2D eigenvalue weighted by molar-refractivity contribution is 7.09. The summed E-state index contributed by atoms with van der Waals surface area (Å²) in [4.78, 5) is 41.3. The van der Waals surface area contributed by atoms with E-state index >= 15 is 0 Å². The largest absolute Gasteiger partial charge is 0.339 e. The van der Waals surface area contributed by atoms with Gasteiger partial charge < -0.3 is 10.2 Å². The molecule has 0 unspecified atom stereocenters. The molecule has 1 spiro atoms. The van der Waals surface area contributed by atoms with Crippen LogP contribution in [0.25, 0.3) is 0 Å². The minimum atomic E-state index is -0.804. The van der Waals surface area contributed by atoms with Crippen LogP contribution in [0.4, 0.5) is 4.79 Å². The Labute approximate surface area is 145 Å². The van der Waals surface area contributed by atoms with Crippen molar-refractivity contribution in [3.8, 4) is 0 Å². The molecule has 1 aliphatic heterocycles. The van der Waals surface area contributed by atoms with Crippen molar-refractivity contribution in [1.82, 2.24) is 15.1 Å². The smallest absolute Gasteiger partial charge is 0.325 e. The van der Waals surface area contributed by atoms with E-state index < -0.39 is 11.6 Å². The summed E-state index contributed by atoms with van der Waals surface area (Å²) in [5, 5.41) is 4.84. The van der Waals surface area contributed by atoms with E-state index in [9.17, 15) is 14.4 Å². The SMILES string of the molecule is C[C@@H]1CCCC[C@]12NC(=O)N(CC(=O)N(C)Cc1cccs1)C2=O. The van der Waals surface area contributed by atoms with Gasteiger partial charge in [-0.2, -0.15) is 0 Å². The summed E-state index contributed by atoms with van der Waals surface area (Å²) in [5.41, 5.74) is -0.804. The number of carbonyl (C=O) groups is 3. The van der Waals surface area contributed by atoms with Crippen molar-refractivity contribution in [2.24, 2.45) is 5.92 Å². The van der Waals surface area contributed by atoms with Crippen LogP contribution in [0.3, 0.4) is 0 Å². The summed E-state index contributed by atoms with van der Waals surface area (Å²) in [6.45, 7) is 2.30. The van der Waals surface area contributed by atoms with Crippen LogP contribution in [-0.4, -0.2) is 46.8 Å². The molecule has 1 aromatic rings. The molecule has 1 aliphatic carbocycles. The fourth-order valence-electron chi connectivity index (χ4n) is 3.62. The Bertz CT molecular complexity index is 646. The molecule has 7 heteroatoms. The molecule has 3 rings (SSSR count). The minimum Gasteiger partial charge on any atom is -0.339 e. The van der Waals surface area contributed by atoms with Crippen molar-refractivity contribution < 1.29 is 14.4 Å². The molecule has 130 valence electrons. The van der Waals surface area contributed by atoms with Gasteiger partial charge in [0.25, 0.3) is 5.91 Å². The summed E-state index contributed by atoms with van der Waals surface area (Å²) in [6, 6.07) is 3.46. The van der Waals surface area contributed by atoms with Gasteiger partial charge in [0.1, 0.15) is 12.1 Å². The highest BCUT2D eigenvalue weighted by Gasteiger charge is 2.55. The Morgan fingerprint density at radius 2 is 2.25 bits per heavy atom. The van der Waals surface area contributed by atoms with E-state index in [1.165, 1.54) is 0 Å². The molecule has 24 heavy (non-hydrogen) atoms. The van der Waals surface area contributed by atoms with E-state index in [-0.39, 0.29) is 24.3 Å². The maximum atomic E-state index is 12.9. The van der Waals surface area contributed by atoms with Gasteiger partial charge in [0.2, 0.25) is 5.91 Å². The first-order chi connectivity index (χ1) is 11.4. The van der Waals surface area contributed by atoms with Crippen molar-refractivity contribution in [2.45, 2.75) is 44.7 Å². The Balaban J connectivity index is 1.67. The van der Waals surface area contributed by atoms with E-state index in [0.717, 1.165) is 29.0 Å². The number of amides is 4. The van der Waals surface area contributed by atoms with Gasteiger partial charge in [-0.15, -0.1) is 11.3 Å². The zero-order chi connectivity index (χ0) is 17.3. The molecule has 2 atom stereocenters. The minimum absolute atomic E-state index is 0.103. The van der Waals surface area contributed by atoms with Gasteiger partial charge in [0.15, 0.2) is 0 Å². The average molecular weight is 349 g/mol. The predicted octanol–water partition coefficient (Wildman–Crippen LogP) is 2.21. The Hall–Kier alpha value is -1.89. The molecule has 1 saturated carbocycles. The lowest BCUT2D eigenvalue weighted by Gasteiger charge is -2.36. The van der Waals surface area contributed by atoms with Gasteiger partial charge in [0, 0.05) is 11.9 Å². The molecular weight excluding hydrogens is 326 g/mol. The highest BCUT2D eigenvalue weighted by Crippen LogP contribution is 2.38. The van der Waals surface area contributed by atoms with E-state index in [2.05, 4.69) is 5.32 Å². The van der Waals surface area contributed by atoms with Crippen molar-refractivity contribution in [3.05, 3.63) is 22.4 Å². The number of rotatable bonds is 4. The van der Waals surface area contributed by atoms with Crippen LogP contribution in [0.5, 0.6) is 0 Å². The fraction of sp³-hybridized carbons (Fsp3) is 0.588. The first kappa shape index (κ1) is 17.0. The van der Waals surface area contributed by atoms with Gasteiger partial charge in [-0.3, -0.25) is 14.5 Å². The van der Waals surface area contributed by atoms with Crippen molar-refractivity contribution >= 4 is 29.2 Å². The van der Waals surface area contributed by atoms with Crippen LogP contribution in [0.15, 0.2) is 17.5 Å². The summed E-state index contributed by atoms with van der Waals surface area (Å²) in [6.07, 6.45) is 3.59. The zero-order valence-corrected chi connectivity index (χ0v) is 14.9. The fourth-order valence-corrected chi connectivity index (χ4v) is 4.38. The zero-order valence-electron chi connectivity index (χ0n) is 14.1. The predicted molar refractivity (Wildman–Crippen MR) is 91.4 cm³/mol.